The molecule has 0 bridgehead atoms. The molecular weight excluding hydrogens is 291 g/mol. The first kappa shape index (κ1) is 11.6. The Morgan fingerprint density at radius 3 is 2.94 bits per heavy atom. The number of carbonyl (C=O) groups excluding carboxylic acids is 1. The minimum atomic E-state index is -0.622. The summed E-state index contributed by atoms with van der Waals surface area (Å²) in [6.45, 7) is 0. The topological polar surface area (TPSA) is 83.8 Å². The Kier molecular flexibility index (Phi) is 3.10. The maximum Gasteiger partial charge on any atom is 0.259 e. The molecule has 0 aliphatic rings. The molecule has 0 atom stereocenters. The molecular formula is C10H8BrFN4O. The van der Waals surface area contributed by atoms with Gasteiger partial charge in [0.1, 0.15) is 5.82 Å². The fourth-order valence-electron chi connectivity index (χ4n) is 1.26. The van der Waals surface area contributed by atoms with Crippen molar-refractivity contribution in [1.29, 1.82) is 0 Å². The van der Waals surface area contributed by atoms with Crippen molar-refractivity contribution in [3.8, 4) is 0 Å². The number of H-pyrrole nitrogens is 1. The summed E-state index contributed by atoms with van der Waals surface area (Å²) in [5, 5.41) is 8.57. The van der Waals surface area contributed by atoms with E-state index in [1.54, 1.807) is 6.07 Å². The number of benzene rings is 1. The minimum absolute atomic E-state index is 0.0756. The number of nitrogen functional groups attached to an aromatic ring is 1. The fourth-order valence-corrected chi connectivity index (χ4v) is 1.62. The second-order valence-electron chi connectivity index (χ2n) is 3.26. The van der Waals surface area contributed by atoms with Gasteiger partial charge in [-0.2, -0.15) is 5.10 Å². The van der Waals surface area contributed by atoms with Crippen molar-refractivity contribution in [3.05, 3.63) is 40.2 Å². The lowest BCUT2D eigenvalue weighted by molar-refractivity contribution is 0.102. The number of halogens is 2. The van der Waals surface area contributed by atoms with Crippen LogP contribution in [-0.2, 0) is 0 Å². The Bertz CT molecular complexity index is 569. The molecule has 1 aromatic heterocycles. The van der Waals surface area contributed by atoms with Crippen molar-refractivity contribution in [2.75, 3.05) is 11.1 Å². The van der Waals surface area contributed by atoms with E-state index < -0.39 is 11.7 Å². The minimum Gasteiger partial charge on any atom is -0.394 e. The van der Waals surface area contributed by atoms with E-state index in [1.807, 2.05) is 0 Å². The first-order valence-electron chi connectivity index (χ1n) is 4.64. The van der Waals surface area contributed by atoms with Crippen LogP contribution in [0.25, 0.3) is 0 Å². The number of nitrogens with two attached hydrogens (primary N) is 1. The molecule has 0 aliphatic carbocycles. The molecule has 5 nitrogen and oxygen atoms in total. The lowest BCUT2D eigenvalue weighted by Crippen LogP contribution is -2.15. The first-order chi connectivity index (χ1) is 8.09. The average molecular weight is 299 g/mol. The molecule has 7 heteroatoms. The van der Waals surface area contributed by atoms with Gasteiger partial charge in [-0.25, -0.2) is 4.39 Å². The number of nitrogens with zero attached hydrogens (tertiary/aromatic N) is 1. The van der Waals surface area contributed by atoms with Crippen molar-refractivity contribution in [2.45, 2.75) is 0 Å². The number of aromatic amines is 1. The molecule has 0 unspecified atom stereocenters. The molecule has 2 aromatic rings. The predicted octanol–water partition coefficient (Wildman–Crippen LogP) is 2.15. The van der Waals surface area contributed by atoms with Crippen LogP contribution >= 0.6 is 15.9 Å². The van der Waals surface area contributed by atoms with Crippen molar-refractivity contribution in [2.24, 2.45) is 0 Å². The Labute approximate surface area is 104 Å². The summed E-state index contributed by atoms with van der Waals surface area (Å²) in [7, 11) is 0. The van der Waals surface area contributed by atoms with Gasteiger partial charge in [-0.05, 0) is 28.1 Å². The molecule has 1 aromatic carbocycles. The van der Waals surface area contributed by atoms with Crippen molar-refractivity contribution in [1.82, 2.24) is 10.2 Å². The van der Waals surface area contributed by atoms with Gasteiger partial charge in [-0.3, -0.25) is 9.89 Å². The van der Waals surface area contributed by atoms with Crippen molar-refractivity contribution in [3.63, 3.8) is 0 Å². The first-order valence-corrected chi connectivity index (χ1v) is 5.43. The van der Waals surface area contributed by atoms with Gasteiger partial charge in [0.05, 0.1) is 21.9 Å². The number of amides is 1. The van der Waals surface area contributed by atoms with E-state index in [1.165, 1.54) is 18.3 Å². The van der Waals surface area contributed by atoms with E-state index in [9.17, 15) is 9.18 Å². The maximum atomic E-state index is 13.6. The second-order valence-corrected chi connectivity index (χ2v) is 4.11. The number of anilines is 2. The molecule has 1 heterocycles. The standard InChI is InChI=1S/C10H8BrFN4O/c11-6-3-1-2-5(8(6)12)10(17)15-9-7(13)4-14-16-9/h1-4H,13H2,(H2,14,15,16,17). The van der Waals surface area contributed by atoms with Crippen LogP contribution in [0.4, 0.5) is 15.9 Å². The third kappa shape index (κ3) is 2.28. The fraction of sp³-hybridized carbons (Fsp3) is 0. The largest absolute Gasteiger partial charge is 0.394 e. The summed E-state index contributed by atoms with van der Waals surface area (Å²) in [5.74, 6) is -0.975. The van der Waals surface area contributed by atoms with E-state index in [4.69, 9.17) is 5.73 Å². The molecule has 0 aliphatic heterocycles. The Morgan fingerprint density at radius 2 is 2.29 bits per heavy atom. The van der Waals surface area contributed by atoms with Crippen LogP contribution in [0.15, 0.2) is 28.9 Å². The molecule has 2 rings (SSSR count). The zero-order chi connectivity index (χ0) is 12.4. The highest BCUT2D eigenvalue weighted by Crippen LogP contribution is 2.20. The summed E-state index contributed by atoms with van der Waals surface area (Å²) >= 11 is 3.01. The van der Waals surface area contributed by atoms with E-state index in [2.05, 4.69) is 31.4 Å². The van der Waals surface area contributed by atoms with Crippen LogP contribution in [0.3, 0.4) is 0 Å². The number of hydrogen-bond donors (Lipinski definition) is 3. The third-order valence-corrected chi connectivity index (χ3v) is 2.72. The highest BCUT2D eigenvalue weighted by atomic mass is 79.9. The number of aromatic nitrogens is 2. The van der Waals surface area contributed by atoms with Crippen LogP contribution in [0.5, 0.6) is 0 Å². The van der Waals surface area contributed by atoms with E-state index in [0.717, 1.165) is 0 Å². The number of nitrogens with one attached hydrogen (secondary N) is 2. The molecule has 0 spiro atoms. The van der Waals surface area contributed by atoms with Gasteiger partial charge >= 0.3 is 0 Å². The van der Waals surface area contributed by atoms with E-state index in [-0.39, 0.29) is 21.5 Å². The van der Waals surface area contributed by atoms with Gasteiger partial charge in [-0.1, -0.05) is 6.07 Å². The van der Waals surface area contributed by atoms with Crippen LogP contribution in [0, 0.1) is 5.82 Å². The second kappa shape index (κ2) is 4.54. The van der Waals surface area contributed by atoms with Crippen LogP contribution in [0.1, 0.15) is 10.4 Å². The number of carbonyl (C=O) groups is 1. The number of rotatable bonds is 2. The normalized spacial score (nSPS) is 10.2. The van der Waals surface area contributed by atoms with Crippen LogP contribution in [-0.4, -0.2) is 16.1 Å². The zero-order valence-electron chi connectivity index (χ0n) is 8.50. The quantitative estimate of drug-likeness (QED) is 0.794. The van der Waals surface area contributed by atoms with E-state index in [0.29, 0.717) is 0 Å². The highest BCUT2D eigenvalue weighted by Gasteiger charge is 2.15. The van der Waals surface area contributed by atoms with Gasteiger partial charge in [0, 0.05) is 0 Å². The molecule has 0 saturated heterocycles. The molecule has 4 N–H and O–H groups in total. The van der Waals surface area contributed by atoms with Gasteiger partial charge in [0.25, 0.3) is 5.91 Å². The lowest BCUT2D eigenvalue weighted by atomic mass is 10.2. The maximum absolute atomic E-state index is 13.6. The van der Waals surface area contributed by atoms with Crippen LogP contribution in [0.2, 0.25) is 0 Å². The molecule has 17 heavy (non-hydrogen) atoms. The zero-order valence-corrected chi connectivity index (χ0v) is 10.1. The predicted molar refractivity (Wildman–Crippen MR) is 65.1 cm³/mol. The Hall–Kier alpha value is -1.89. The monoisotopic (exact) mass is 298 g/mol. The third-order valence-electron chi connectivity index (χ3n) is 2.10. The smallest absolute Gasteiger partial charge is 0.259 e. The average Bonchev–Trinajstić information content (AvgIpc) is 2.68. The van der Waals surface area contributed by atoms with E-state index >= 15 is 0 Å². The molecule has 88 valence electrons. The molecule has 1 amide bonds. The van der Waals surface area contributed by atoms with Crippen molar-refractivity contribution >= 4 is 33.3 Å². The SMILES string of the molecule is Nc1cn[nH]c1NC(=O)c1cccc(Br)c1F. The Balaban J connectivity index is 2.27. The Morgan fingerprint density at radius 1 is 1.53 bits per heavy atom. The van der Waals surface area contributed by atoms with Crippen LogP contribution < -0.4 is 11.1 Å². The highest BCUT2D eigenvalue weighted by molar-refractivity contribution is 9.10. The van der Waals surface area contributed by atoms with Crippen molar-refractivity contribution < 1.29 is 9.18 Å². The summed E-state index contributed by atoms with van der Waals surface area (Å²) in [6.07, 6.45) is 1.35. The lowest BCUT2D eigenvalue weighted by Gasteiger charge is -2.05. The van der Waals surface area contributed by atoms with Gasteiger partial charge in [0.2, 0.25) is 0 Å². The van der Waals surface area contributed by atoms with Gasteiger partial charge in [0.15, 0.2) is 5.82 Å². The summed E-state index contributed by atoms with van der Waals surface area (Å²) in [4.78, 5) is 11.8. The number of hydrogen-bond acceptors (Lipinski definition) is 3. The molecule has 0 fully saturated rings. The molecule has 0 saturated carbocycles. The summed E-state index contributed by atoms with van der Waals surface area (Å²) in [6, 6.07) is 4.46. The molecule has 0 radical (unpaired) electrons. The van der Waals surface area contributed by atoms with Gasteiger partial charge < -0.3 is 11.1 Å². The summed E-state index contributed by atoms with van der Waals surface area (Å²) < 4.78 is 13.8. The summed E-state index contributed by atoms with van der Waals surface area (Å²) in [5.41, 5.74) is 5.73. The van der Waals surface area contributed by atoms with Gasteiger partial charge in [-0.15, -0.1) is 0 Å².